The van der Waals surface area contributed by atoms with Crippen LogP contribution in [0.15, 0.2) is 0 Å². The van der Waals surface area contributed by atoms with Crippen molar-refractivity contribution in [2.24, 2.45) is 5.41 Å². The number of ether oxygens (including phenoxy) is 1. The van der Waals surface area contributed by atoms with Gasteiger partial charge in [0.05, 0.1) is 24.2 Å². The normalized spacial score (nSPS) is 35.0. The minimum absolute atomic E-state index is 0.164. The van der Waals surface area contributed by atoms with E-state index < -0.39 is 0 Å². The average Bonchev–Trinajstić information content (AvgIpc) is 2.47. The molecular formula is C16H30N2O2. The van der Waals surface area contributed by atoms with Gasteiger partial charge >= 0.3 is 0 Å². The third-order valence-corrected chi connectivity index (χ3v) is 4.85. The van der Waals surface area contributed by atoms with Crippen molar-refractivity contribution in [3.8, 4) is 0 Å². The van der Waals surface area contributed by atoms with E-state index in [0.717, 1.165) is 51.7 Å². The molecule has 2 saturated heterocycles. The lowest BCUT2D eigenvalue weighted by molar-refractivity contribution is -0.157. The number of hydrogen-bond donors (Lipinski definition) is 1. The molecule has 20 heavy (non-hydrogen) atoms. The molecule has 4 nitrogen and oxygen atoms in total. The number of piperidine rings is 1. The van der Waals surface area contributed by atoms with Crippen molar-refractivity contribution in [3.63, 3.8) is 0 Å². The van der Waals surface area contributed by atoms with Gasteiger partial charge in [-0.25, -0.2) is 0 Å². The van der Waals surface area contributed by atoms with Gasteiger partial charge in [0.15, 0.2) is 0 Å². The number of amides is 1. The van der Waals surface area contributed by atoms with E-state index in [1.165, 1.54) is 0 Å². The Morgan fingerprint density at radius 3 is 2.85 bits per heavy atom. The first-order valence-electron chi connectivity index (χ1n) is 8.26. The molecule has 2 aliphatic heterocycles. The van der Waals surface area contributed by atoms with Crippen LogP contribution in [0.5, 0.6) is 0 Å². The van der Waals surface area contributed by atoms with Crippen LogP contribution in [0, 0.1) is 5.41 Å². The van der Waals surface area contributed by atoms with Crippen LogP contribution in [0.25, 0.3) is 0 Å². The molecule has 0 aromatic rings. The zero-order chi connectivity index (χ0) is 14.6. The molecule has 0 radical (unpaired) electrons. The first-order valence-corrected chi connectivity index (χ1v) is 8.26. The fourth-order valence-electron chi connectivity index (χ4n) is 3.68. The molecule has 3 unspecified atom stereocenters. The predicted molar refractivity (Wildman–Crippen MR) is 80.7 cm³/mol. The minimum Gasteiger partial charge on any atom is -0.375 e. The van der Waals surface area contributed by atoms with Gasteiger partial charge in [-0.1, -0.05) is 20.3 Å². The third-order valence-electron chi connectivity index (χ3n) is 4.85. The molecule has 116 valence electrons. The molecule has 0 spiro atoms. The molecule has 0 aromatic carbocycles. The van der Waals surface area contributed by atoms with Crippen molar-refractivity contribution in [1.82, 2.24) is 10.2 Å². The summed E-state index contributed by atoms with van der Waals surface area (Å²) in [6.07, 6.45) is 5.37. The van der Waals surface area contributed by atoms with E-state index >= 15 is 0 Å². The van der Waals surface area contributed by atoms with E-state index in [4.69, 9.17) is 4.74 Å². The number of rotatable bonds is 4. The second kappa shape index (κ2) is 6.90. The quantitative estimate of drug-likeness (QED) is 0.859. The summed E-state index contributed by atoms with van der Waals surface area (Å²) in [5.74, 6) is 0.369. The van der Waals surface area contributed by atoms with Crippen molar-refractivity contribution in [2.45, 2.75) is 65.0 Å². The maximum atomic E-state index is 13.2. The molecule has 2 fully saturated rings. The number of nitrogens with one attached hydrogen (secondary N) is 1. The highest BCUT2D eigenvalue weighted by atomic mass is 16.5. The van der Waals surface area contributed by atoms with Crippen LogP contribution in [0.1, 0.15) is 52.9 Å². The number of carbonyl (C=O) groups is 1. The van der Waals surface area contributed by atoms with Crippen molar-refractivity contribution < 1.29 is 9.53 Å². The molecule has 0 aliphatic carbocycles. The molecule has 2 rings (SSSR count). The Bertz CT molecular complexity index is 321. The van der Waals surface area contributed by atoms with E-state index in [9.17, 15) is 4.79 Å². The topological polar surface area (TPSA) is 41.6 Å². The van der Waals surface area contributed by atoms with Crippen LogP contribution in [0.4, 0.5) is 0 Å². The number of hydrogen-bond acceptors (Lipinski definition) is 3. The molecule has 0 saturated carbocycles. The predicted octanol–water partition coefficient (Wildman–Crippen LogP) is 2.18. The average molecular weight is 282 g/mol. The molecule has 3 atom stereocenters. The Morgan fingerprint density at radius 1 is 1.45 bits per heavy atom. The van der Waals surface area contributed by atoms with Crippen molar-refractivity contribution in [2.75, 3.05) is 26.2 Å². The lowest BCUT2D eigenvalue weighted by Crippen LogP contribution is -2.59. The smallest absolute Gasteiger partial charge is 0.230 e. The largest absolute Gasteiger partial charge is 0.375 e. The number of carbonyl (C=O) groups excluding carboxylic acids is 1. The summed E-state index contributed by atoms with van der Waals surface area (Å²) in [5.41, 5.74) is -0.169. The summed E-state index contributed by atoms with van der Waals surface area (Å²) in [7, 11) is 0. The number of nitrogens with zero attached hydrogens (tertiary/aromatic N) is 1. The highest BCUT2D eigenvalue weighted by molar-refractivity contribution is 5.83. The van der Waals surface area contributed by atoms with E-state index in [1.807, 2.05) is 0 Å². The summed E-state index contributed by atoms with van der Waals surface area (Å²) in [4.78, 5) is 15.3. The van der Waals surface area contributed by atoms with Gasteiger partial charge in [-0.3, -0.25) is 4.79 Å². The van der Waals surface area contributed by atoms with Gasteiger partial charge in [-0.15, -0.1) is 0 Å². The van der Waals surface area contributed by atoms with Crippen molar-refractivity contribution >= 4 is 5.91 Å². The van der Waals surface area contributed by atoms with Crippen LogP contribution >= 0.6 is 0 Å². The lowest BCUT2D eigenvalue weighted by atomic mass is 9.75. The fraction of sp³-hybridized carbons (Fsp3) is 0.938. The molecular weight excluding hydrogens is 252 g/mol. The van der Waals surface area contributed by atoms with Gasteiger partial charge in [-0.2, -0.15) is 0 Å². The van der Waals surface area contributed by atoms with Crippen molar-refractivity contribution in [3.05, 3.63) is 0 Å². The second-order valence-corrected chi connectivity index (χ2v) is 6.47. The second-order valence-electron chi connectivity index (χ2n) is 6.47. The van der Waals surface area contributed by atoms with Gasteiger partial charge < -0.3 is 15.0 Å². The maximum Gasteiger partial charge on any atom is 0.230 e. The highest BCUT2D eigenvalue weighted by Crippen LogP contribution is 2.35. The summed E-state index contributed by atoms with van der Waals surface area (Å²) < 4.78 is 5.73. The summed E-state index contributed by atoms with van der Waals surface area (Å²) in [6, 6.07) is 0.259. The van der Waals surface area contributed by atoms with Gasteiger partial charge in [0, 0.05) is 13.1 Å². The zero-order valence-corrected chi connectivity index (χ0v) is 13.3. The molecule has 1 amide bonds. The van der Waals surface area contributed by atoms with Crippen LogP contribution in [-0.4, -0.2) is 49.2 Å². The Hall–Kier alpha value is -0.610. The Balaban J connectivity index is 2.16. The molecule has 2 aliphatic rings. The van der Waals surface area contributed by atoms with E-state index in [-0.39, 0.29) is 17.6 Å². The Labute approximate surface area is 123 Å². The molecule has 0 bridgehead atoms. The van der Waals surface area contributed by atoms with Gasteiger partial charge in [0.1, 0.15) is 0 Å². The van der Waals surface area contributed by atoms with Gasteiger partial charge in [0.25, 0.3) is 0 Å². The standard InChI is InChI=1S/C16H30N2O2/c1-4-7-16(8-6-9-17-12-16)15(19)18-10-13(3)20-11-14(18)5-2/h13-14,17H,4-12H2,1-3H3. The monoisotopic (exact) mass is 282 g/mol. The lowest BCUT2D eigenvalue weighted by Gasteiger charge is -2.45. The van der Waals surface area contributed by atoms with Gasteiger partial charge in [0.2, 0.25) is 5.91 Å². The molecule has 1 N–H and O–H groups in total. The molecule has 2 heterocycles. The Morgan fingerprint density at radius 2 is 2.25 bits per heavy atom. The van der Waals surface area contributed by atoms with Gasteiger partial charge in [-0.05, 0) is 39.2 Å². The summed E-state index contributed by atoms with van der Waals surface area (Å²) >= 11 is 0. The molecule has 0 aromatic heterocycles. The van der Waals surface area contributed by atoms with Crippen molar-refractivity contribution in [1.29, 1.82) is 0 Å². The van der Waals surface area contributed by atoms with Crippen LogP contribution in [0.2, 0.25) is 0 Å². The van der Waals surface area contributed by atoms with E-state index in [0.29, 0.717) is 12.5 Å². The fourth-order valence-corrected chi connectivity index (χ4v) is 3.68. The minimum atomic E-state index is -0.169. The summed E-state index contributed by atoms with van der Waals surface area (Å²) in [6.45, 7) is 9.75. The SMILES string of the molecule is CCCC1(C(=O)N2CC(C)OCC2CC)CCCNC1. The van der Waals surface area contributed by atoms with Crippen LogP contribution in [-0.2, 0) is 9.53 Å². The zero-order valence-electron chi connectivity index (χ0n) is 13.3. The van der Waals surface area contributed by atoms with Crippen LogP contribution < -0.4 is 5.32 Å². The number of morpholine rings is 1. The Kier molecular flexibility index (Phi) is 5.44. The first-order chi connectivity index (χ1) is 9.63. The van der Waals surface area contributed by atoms with Crippen LogP contribution in [0.3, 0.4) is 0 Å². The summed E-state index contributed by atoms with van der Waals surface area (Å²) in [5, 5.41) is 3.45. The third kappa shape index (κ3) is 3.17. The highest BCUT2D eigenvalue weighted by Gasteiger charge is 2.44. The van der Waals surface area contributed by atoms with E-state index in [2.05, 4.69) is 31.0 Å². The molecule has 4 heteroatoms. The maximum absolute atomic E-state index is 13.2. The van der Waals surface area contributed by atoms with E-state index in [1.54, 1.807) is 0 Å². The first kappa shape index (κ1) is 15.8.